The quantitative estimate of drug-likeness (QED) is 0.390. The van der Waals surface area contributed by atoms with Gasteiger partial charge in [0.25, 0.3) is 0 Å². The first-order valence-electron chi connectivity index (χ1n) is 7.75. The topological polar surface area (TPSA) is 15.8 Å². The molecule has 0 spiro atoms. The second-order valence-electron chi connectivity index (χ2n) is 5.98. The van der Waals surface area contributed by atoms with Gasteiger partial charge in [0, 0.05) is 0 Å². The van der Waals surface area contributed by atoms with Crippen LogP contribution in [0.15, 0.2) is 64.0 Å². The van der Waals surface area contributed by atoms with Crippen LogP contribution in [0.1, 0.15) is 17.5 Å². The molecular formula is C20H15Cl2NZr. The summed E-state index contributed by atoms with van der Waals surface area (Å²) in [4.78, 5) is 3.65. The van der Waals surface area contributed by atoms with Crippen molar-refractivity contribution in [2.24, 2.45) is 0 Å². The molecule has 118 valence electrons. The Hall–Kier alpha value is -1.08. The third-order valence-corrected chi connectivity index (χ3v) is 8.19. The van der Waals surface area contributed by atoms with E-state index in [-0.39, 0.29) is 24.8 Å². The van der Waals surface area contributed by atoms with Gasteiger partial charge in [-0.15, -0.1) is 0 Å². The molecule has 0 unspecified atom stereocenters. The third kappa shape index (κ3) is 2.75. The number of rotatable bonds is 2. The minimum absolute atomic E-state index is 0. The number of para-hydroxylation sites is 1. The number of allylic oxidation sites excluding steroid dienone is 4. The zero-order valence-corrected chi connectivity index (χ0v) is 16.9. The molecule has 1 heterocycles. The van der Waals surface area contributed by atoms with Crippen molar-refractivity contribution in [3.63, 3.8) is 0 Å². The molecule has 1 N–H and O–H groups in total. The van der Waals surface area contributed by atoms with Gasteiger partial charge in [-0.1, -0.05) is 0 Å². The van der Waals surface area contributed by atoms with Crippen LogP contribution < -0.4 is 28.1 Å². The molecule has 0 radical (unpaired) electrons. The zero-order valence-electron chi connectivity index (χ0n) is 12.9. The third-order valence-electron chi connectivity index (χ3n) is 4.68. The Morgan fingerprint density at radius 3 is 2.62 bits per heavy atom. The van der Waals surface area contributed by atoms with E-state index in [2.05, 4.69) is 65.7 Å². The van der Waals surface area contributed by atoms with Crippen LogP contribution in [0.4, 0.5) is 0 Å². The van der Waals surface area contributed by atoms with E-state index in [4.69, 9.17) is 0 Å². The van der Waals surface area contributed by atoms with Gasteiger partial charge in [0.05, 0.1) is 0 Å². The van der Waals surface area contributed by atoms with E-state index in [9.17, 15) is 0 Å². The predicted octanol–water partition coefficient (Wildman–Crippen LogP) is -1.70. The first-order chi connectivity index (χ1) is 10.9. The Morgan fingerprint density at radius 1 is 0.917 bits per heavy atom. The predicted molar refractivity (Wildman–Crippen MR) is 88.0 cm³/mol. The molecule has 0 aliphatic heterocycles. The molecule has 1 nitrogen and oxygen atoms in total. The smallest absolute Gasteiger partial charge is 1.00 e. The van der Waals surface area contributed by atoms with Gasteiger partial charge in [0.1, 0.15) is 0 Å². The number of hydrogen-bond donors (Lipinski definition) is 1. The summed E-state index contributed by atoms with van der Waals surface area (Å²) in [6.45, 7) is 0. The van der Waals surface area contributed by atoms with E-state index in [1.807, 2.05) is 0 Å². The van der Waals surface area contributed by atoms with E-state index in [1.54, 1.807) is 12.1 Å². The van der Waals surface area contributed by atoms with Crippen LogP contribution in [0.3, 0.4) is 0 Å². The Morgan fingerprint density at radius 2 is 1.79 bits per heavy atom. The largest absolute Gasteiger partial charge is 1.00 e. The molecule has 0 saturated heterocycles. The summed E-state index contributed by atoms with van der Waals surface area (Å²) in [7, 11) is 0. The maximum atomic E-state index is 3.65. The summed E-state index contributed by atoms with van der Waals surface area (Å²) >= 11 is -0.630. The van der Waals surface area contributed by atoms with E-state index in [1.165, 1.54) is 34.1 Å². The number of halogens is 2. The zero-order chi connectivity index (χ0) is 14.5. The summed E-state index contributed by atoms with van der Waals surface area (Å²) in [6, 6.07) is 15.6. The summed E-state index contributed by atoms with van der Waals surface area (Å²) < 4.78 is 3.35. The second kappa shape index (κ2) is 7.04. The average molecular weight is 431 g/mol. The number of aromatic amines is 1. The molecular weight excluding hydrogens is 416 g/mol. The number of fused-ring (bicyclic) bond motifs is 5. The van der Waals surface area contributed by atoms with Gasteiger partial charge in [0.15, 0.2) is 0 Å². The Bertz CT molecular complexity index is 969. The van der Waals surface area contributed by atoms with Crippen molar-refractivity contribution in [3.05, 3.63) is 75.1 Å². The van der Waals surface area contributed by atoms with Crippen molar-refractivity contribution >= 4 is 14.2 Å². The summed E-state index contributed by atoms with van der Waals surface area (Å²) in [5.41, 5.74) is 7.16. The van der Waals surface area contributed by atoms with E-state index < -0.39 is 23.2 Å². The minimum Gasteiger partial charge on any atom is -1.00 e. The molecule has 0 amide bonds. The van der Waals surface area contributed by atoms with Gasteiger partial charge >= 0.3 is 142 Å². The summed E-state index contributed by atoms with van der Waals surface area (Å²) in [5.74, 6) is 0. The van der Waals surface area contributed by atoms with Crippen LogP contribution in [-0.4, -0.2) is 4.98 Å². The number of H-pyrrole nitrogens is 1. The minimum atomic E-state index is -0.630. The van der Waals surface area contributed by atoms with Gasteiger partial charge in [-0.2, -0.15) is 0 Å². The molecule has 2 aliphatic rings. The van der Waals surface area contributed by atoms with E-state index in [0.29, 0.717) is 0 Å². The van der Waals surface area contributed by atoms with E-state index >= 15 is 0 Å². The van der Waals surface area contributed by atoms with Gasteiger partial charge in [-0.25, -0.2) is 0 Å². The van der Waals surface area contributed by atoms with Crippen LogP contribution in [0.25, 0.3) is 22.2 Å². The number of aromatic nitrogens is 1. The van der Waals surface area contributed by atoms with Crippen LogP contribution in [0.2, 0.25) is 0 Å². The fraction of sp³-hybridized carbons (Fsp3) is 0.100. The molecule has 0 fully saturated rings. The molecule has 1 aromatic heterocycles. The standard InChI is InChI=1S/C15H10N.C5H5.2ClH.Zr/c1-2-6-11-10(5-1)9-13-12-7-3-4-8-14(12)16-15(11)13;1-2-4-5-3-1;;;/h1-4,6-8,16H,9H2;1-3H,4H2;2*1H;/q;;;;+2/p-2. The molecule has 0 atom stereocenters. The Labute approximate surface area is 165 Å². The van der Waals surface area contributed by atoms with E-state index in [0.717, 1.165) is 6.42 Å². The Kier molecular flexibility index (Phi) is 5.20. The van der Waals surface area contributed by atoms with Crippen LogP contribution in [0.5, 0.6) is 0 Å². The Balaban J connectivity index is 0.000000845. The molecule has 5 rings (SSSR count). The fourth-order valence-electron chi connectivity index (χ4n) is 3.63. The number of nitrogens with one attached hydrogen (secondary N) is 1. The molecule has 0 saturated carbocycles. The molecule has 2 aromatic carbocycles. The van der Waals surface area contributed by atoms with Crippen molar-refractivity contribution in [2.75, 3.05) is 0 Å². The average Bonchev–Trinajstić information content (AvgIpc) is 3.23. The molecule has 3 aromatic rings. The normalized spacial score (nSPS) is 13.6. The number of benzene rings is 2. The monoisotopic (exact) mass is 429 g/mol. The van der Waals surface area contributed by atoms with Gasteiger partial charge in [0.2, 0.25) is 0 Å². The molecule has 0 bridgehead atoms. The van der Waals surface area contributed by atoms with Gasteiger partial charge in [-0.3, -0.25) is 0 Å². The first kappa shape index (κ1) is 17.7. The first-order valence-corrected chi connectivity index (χ1v) is 10.2. The van der Waals surface area contributed by atoms with Crippen LogP contribution >= 0.6 is 0 Å². The molecule has 24 heavy (non-hydrogen) atoms. The summed E-state index contributed by atoms with van der Waals surface area (Å²) in [5, 5.41) is 1.40. The van der Waals surface area contributed by atoms with Crippen molar-refractivity contribution < 1.29 is 48.0 Å². The van der Waals surface area contributed by atoms with Gasteiger partial charge < -0.3 is 24.8 Å². The molecule has 2 aliphatic carbocycles. The van der Waals surface area contributed by atoms with Crippen molar-refractivity contribution in [1.29, 1.82) is 0 Å². The van der Waals surface area contributed by atoms with Crippen LogP contribution in [0, 0.1) is 0 Å². The SMILES string of the molecule is C1=CC[C]([Zr+2][c]2cccc3c2Cc2c-3[nH]c3ccccc23)=C1.[Cl-].[Cl-]. The number of hydrogen-bond acceptors (Lipinski definition) is 0. The van der Waals surface area contributed by atoms with Crippen molar-refractivity contribution in [1.82, 2.24) is 4.98 Å². The fourth-order valence-corrected chi connectivity index (χ4v) is 6.82. The second-order valence-corrected chi connectivity index (χ2v) is 9.50. The van der Waals surface area contributed by atoms with Crippen LogP contribution in [-0.2, 0) is 29.7 Å². The van der Waals surface area contributed by atoms with Crippen molar-refractivity contribution in [3.8, 4) is 11.3 Å². The summed E-state index contributed by atoms with van der Waals surface area (Å²) in [6.07, 6.45) is 9.14. The maximum absolute atomic E-state index is 3.65. The van der Waals surface area contributed by atoms with Gasteiger partial charge in [-0.05, 0) is 0 Å². The maximum Gasteiger partial charge on any atom is -1.00 e. The van der Waals surface area contributed by atoms with Crippen molar-refractivity contribution in [2.45, 2.75) is 12.8 Å². The molecule has 4 heteroatoms.